The SMILES string of the molecule is C/C=C/COc1cc(C)c(Cc2cc(C=NOC)on2)c(C)c1. The summed E-state index contributed by atoms with van der Waals surface area (Å²) in [4.78, 5) is 4.63. The number of rotatable bonds is 7. The van der Waals surface area contributed by atoms with Crippen LogP contribution in [-0.2, 0) is 11.3 Å². The molecule has 0 saturated heterocycles. The van der Waals surface area contributed by atoms with Gasteiger partial charge in [0.25, 0.3) is 0 Å². The third kappa shape index (κ3) is 4.71. The number of ether oxygens (including phenoxy) is 1. The minimum atomic E-state index is 0.573. The molecule has 23 heavy (non-hydrogen) atoms. The maximum absolute atomic E-state index is 5.71. The summed E-state index contributed by atoms with van der Waals surface area (Å²) in [7, 11) is 1.49. The van der Waals surface area contributed by atoms with Gasteiger partial charge in [-0.3, -0.25) is 0 Å². The van der Waals surface area contributed by atoms with Gasteiger partial charge in [-0.05, 0) is 49.6 Å². The Hall–Kier alpha value is -2.56. The van der Waals surface area contributed by atoms with Crippen molar-refractivity contribution in [2.75, 3.05) is 13.7 Å². The number of aromatic nitrogens is 1. The summed E-state index contributed by atoms with van der Waals surface area (Å²) in [6.07, 6.45) is 6.16. The average molecular weight is 314 g/mol. The van der Waals surface area contributed by atoms with Crippen molar-refractivity contribution in [3.05, 3.63) is 58.5 Å². The van der Waals surface area contributed by atoms with Crippen molar-refractivity contribution in [2.45, 2.75) is 27.2 Å². The van der Waals surface area contributed by atoms with Crippen LogP contribution in [0.1, 0.15) is 35.1 Å². The third-order valence-corrected chi connectivity index (χ3v) is 3.47. The Balaban J connectivity index is 2.13. The molecule has 0 spiro atoms. The summed E-state index contributed by atoms with van der Waals surface area (Å²) in [6.45, 7) is 6.73. The zero-order chi connectivity index (χ0) is 16.7. The summed E-state index contributed by atoms with van der Waals surface area (Å²) in [5.41, 5.74) is 4.44. The van der Waals surface area contributed by atoms with Crippen molar-refractivity contribution in [2.24, 2.45) is 5.16 Å². The molecule has 1 aromatic carbocycles. The van der Waals surface area contributed by atoms with E-state index in [1.165, 1.54) is 30.0 Å². The Morgan fingerprint density at radius 2 is 1.96 bits per heavy atom. The summed E-state index contributed by atoms with van der Waals surface area (Å²) >= 11 is 0. The fourth-order valence-corrected chi connectivity index (χ4v) is 2.31. The molecule has 122 valence electrons. The summed E-state index contributed by atoms with van der Waals surface area (Å²) < 4.78 is 10.9. The molecule has 1 aromatic heterocycles. The molecular weight excluding hydrogens is 292 g/mol. The number of hydrogen-bond donors (Lipinski definition) is 0. The molecule has 0 radical (unpaired) electrons. The van der Waals surface area contributed by atoms with E-state index in [1.54, 1.807) is 0 Å². The minimum absolute atomic E-state index is 0.573. The van der Waals surface area contributed by atoms with Crippen molar-refractivity contribution in [3.8, 4) is 5.75 Å². The van der Waals surface area contributed by atoms with Crippen LogP contribution in [0.25, 0.3) is 0 Å². The van der Waals surface area contributed by atoms with E-state index in [1.807, 2.05) is 25.1 Å². The summed E-state index contributed by atoms with van der Waals surface area (Å²) in [6, 6.07) is 5.97. The monoisotopic (exact) mass is 314 g/mol. The second-order valence-corrected chi connectivity index (χ2v) is 5.23. The fourth-order valence-electron chi connectivity index (χ4n) is 2.31. The lowest BCUT2D eigenvalue weighted by atomic mass is 9.98. The molecule has 2 rings (SSSR count). The smallest absolute Gasteiger partial charge is 0.181 e. The van der Waals surface area contributed by atoms with Gasteiger partial charge in [-0.1, -0.05) is 22.5 Å². The van der Waals surface area contributed by atoms with Gasteiger partial charge in [0.1, 0.15) is 25.7 Å². The normalized spacial score (nSPS) is 11.5. The number of hydrogen-bond acceptors (Lipinski definition) is 5. The fraction of sp³-hybridized carbons (Fsp3) is 0.333. The van der Waals surface area contributed by atoms with Crippen molar-refractivity contribution >= 4 is 6.21 Å². The van der Waals surface area contributed by atoms with Crippen LogP contribution >= 0.6 is 0 Å². The molecule has 0 fully saturated rings. The van der Waals surface area contributed by atoms with E-state index >= 15 is 0 Å². The lowest BCUT2D eigenvalue weighted by Gasteiger charge is -2.12. The maximum atomic E-state index is 5.71. The van der Waals surface area contributed by atoms with Crippen LogP contribution in [0.5, 0.6) is 5.75 Å². The first-order valence-corrected chi connectivity index (χ1v) is 7.50. The second kappa shape index (κ2) is 8.17. The van der Waals surface area contributed by atoms with Crippen molar-refractivity contribution in [3.63, 3.8) is 0 Å². The molecule has 0 aliphatic heterocycles. The molecule has 0 amide bonds. The summed E-state index contributed by atoms with van der Waals surface area (Å²) in [5.74, 6) is 1.46. The zero-order valence-electron chi connectivity index (χ0n) is 14.0. The lowest BCUT2D eigenvalue weighted by Crippen LogP contribution is -1.99. The van der Waals surface area contributed by atoms with E-state index in [-0.39, 0.29) is 0 Å². The minimum Gasteiger partial charge on any atom is -0.490 e. The van der Waals surface area contributed by atoms with Crippen LogP contribution in [0, 0.1) is 13.8 Å². The average Bonchev–Trinajstić information content (AvgIpc) is 2.97. The molecule has 1 heterocycles. The molecule has 0 atom stereocenters. The Morgan fingerprint density at radius 3 is 2.61 bits per heavy atom. The molecule has 0 unspecified atom stereocenters. The quantitative estimate of drug-likeness (QED) is 0.443. The standard InChI is InChI=1S/C18H22N2O3/c1-5-6-7-22-16-8-13(2)18(14(3)9-16)11-15-10-17(23-20-15)12-19-21-4/h5-6,8-10,12H,7,11H2,1-4H3/b6-5+,19-12?. The number of allylic oxidation sites excluding steroid dienone is 1. The van der Waals surface area contributed by atoms with Crippen molar-refractivity contribution in [1.29, 1.82) is 0 Å². The molecule has 5 nitrogen and oxygen atoms in total. The maximum Gasteiger partial charge on any atom is 0.181 e. The highest BCUT2D eigenvalue weighted by atomic mass is 16.6. The molecule has 0 N–H and O–H groups in total. The molecule has 5 heteroatoms. The van der Waals surface area contributed by atoms with Gasteiger partial charge in [-0.15, -0.1) is 0 Å². The van der Waals surface area contributed by atoms with Crippen molar-refractivity contribution in [1.82, 2.24) is 5.16 Å². The first-order chi connectivity index (χ1) is 11.1. The van der Waals surface area contributed by atoms with Gasteiger partial charge in [-0.25, -0.2) is 0 Å². The first-order valence-electron chi connectivity index (χ1n) is 7.50. The van der Waals surface area contributed by atoms with Gasteiger partial charge >= 0.3 is 0 Å². The molecule has 0 bridgehead atoms. The zero-order valence-corrected chi connectivity index (χ0v) is 14.0. The van der Waals surface area contributed by atoms with E-state index in [0.717, 1.165) is 11.4 Å². The number of aryl methyl sites for hydroxylation is 2. The Bertz CT molecular complexity index is 679. The topological polar surface area (TPSA) is 56.9 Å². The highest BCUT2D eigenvalue weighted by molar-refractivity contribution is 5.75. The highest BCUT2D eigenvalue weighted by Crippen LogP contribution is 2.24. The predicted molar refractivity (Wildman–Crippen MR) is 90.1 cm³/mol. The van der Waals surface area contributed by atoms with Gasteiger partial charge in [-0.2, -0.15) is 0 Å². The number of oxime groups is 1. The number of nitrogens with zero attached hydrogens (tertiary/aromatic N) is 2. The number of benzene rings is 1. The first kappa shape index (κ1) is 16.8. The predicted octanol–water partition coefficient (Wildman–Crippen LogP) is 3.82. The lowest BCUT2D eigenvalue weighted by molar-refractivity contribution is 0.214. The van der Waals surface area contributed by atoms with Crippen LogP contribution in [0.15, 0.2) is 40.0 Å². The van der Waals surface area contributed by atoms with Crippen LogP contribution in [0.2, 0.25) is 0 Å². The van der Waals surface area contributed by atoms with E-state index in [4.69, 9.17) is 9.26 Å². The summed E-state index contributed by atoms with van der Waals surface area (Å²) in [5, 5.41) is 7.73. The largest absolute Gasteiger partial charge is 0.490 e. The Labute approximate surface area is 136 Å². The van der Waals surface area contributed by atoms with Crippen LogP contribution in [0.4, 0.5) is 0 Å². The van der Waals surface area contributed by atoms with Crippen LogP contribution in [0.3, 0.4) is 0 Å². The van der Waals surface area contributed by atoms with E-state index in [0.29, 0.717) is 18.8 Å². The Morgan fingerprint density at radius 1 is 1.22 bits per heavy atom. The van der Waals surface area contributed by atoms with Crippen molar-refractivity contribution < 1.29 is 14.1 Å². The Kier molecular flexibility index (Phi) is 5.97. The molecule has 0 saturated carbocycles. The molecule has 2 aromatic rings. The highest BCUT2D eigenvalue weighted by Gasteiger charge is 2.10. The van der Waals surface area contributed by atoms with Gasteiger partial charge in [0, 0.05) is 12.5 Å². The van der Waals surface area contributed by atoms with E-state index in [2.05, 4.69) is 41.1 Å². The van der Waals surface area contributed by atoms with Crippen LogP contribution in [-0.4, -0.2) is 25.1 Å². The van der Waals surface area contributed by atoms with Gasteiger partial charge in [0.15, 0.2) is 5.76 Å². The second-order valence-electron chi connectivity index (χ2n) is 5.23. The van der Waals surface area contributed by atoms with Gasteiger partial charge < -0.3 is 14.1 Å². The van der Waals surface area contributed by atoms with Gasteiger partial charge in [0.2, 0.25) is 0 Å². The molecule has 0 aliphatic carbocycles. The third-order valence-electron chi connectivity index (χ3n) is 3.47. The molecule has 0 aliphatic rings. The molecular formula is C18H22N2O3. The van der Waals surface area contributed by atoms with Crippen LogP contribution < -0.4 is 4.74 Å². The van der Waals surface area contributed by atoms with E-state index in [9.17, 15) is 0 Å². The van der Waals surface area contributed by atoms with Gasteiger partial charge in [0.05, 0.1) is 5.69 Å². The van der Waals surface area contributed by atoms with E-state index < -0.39 is 0 Å².